The van der Waals surface area contributed by atoms with E-state index in [-0.39, 0.29) is 0 Å². The molecule has 0 heterocycles. The molecule has 0 spiro atoms. The molecule has 0 amide bonds. The zero-order valence-corrected chi connectivity index (χ0v) is 21.1. The van der Waals surface area contributed by atoms with E-state index in [9.17, 15) is 0 Å². The van der Waals surface area contributed by atoms with Crippen LogP contribution in [0.5, 0.6) is 0 Å². The normalized spacial score (nSPS) is 10.6. The van der Waals surface area contributed by atoms with E-state index in [1.165, 1.54) is 9.13 Å². The minimum absolute atomic E-state index is 1.12. The van der Waals surface area contributed by atoms with Gasteiger partial charge in [0.05, 0.1) is 0 Å². The summed E-state index contributed by atoms with van der Waals surface area (Å²) in [6.07, 6.45) is 0. The summed E-state index contributed by atoms with van der Waals surface area (Å²) in [6.45, 7) is 2.13. The van der Waals surface area contributed by atoms with E-state index in [1.54, 1.807) is 0 Å². The van der Waals surface area contributed by atoms with Crippen molar-refractivity contribution in [1.82, 2.24) is 0 Å². The summed E-state index contributed by atoms with van der Waals surface area (Å²) < 4.78 is 1.22. The van der Waals surface area contributed by atoms with Gasteiger partial charge in [-0.25, -0.2) is 0 Å². The van der Waals surface area contributed by atoms with Crippen LogP contribution in [0.3, 0.4) is 0 Å². The van der Waals surface area contributed by atoms with Crippen LogP contribution < -0.4 is 9.80 Å². The van der Waals surface area contributed by atoms with Crippen molar-refractivity contribution < 1.29 is 0 Å². The first-order chi connectivity index (χ1) is 16.7. The van der Waals surface area contributed by atoms with Gasteiger partial charge in [-0.3, -0.25) is 0 Å². The Labute approximate surface area is 215 Å². The van der Waals surface area contributed by atoms with Crippen LogP contribution in [-0.2, 0) is 0 Å². The Balaban J connectivity index is 1.58. The number of halogens is 1. The van der Waals surface area contributed by atoms with Crippen molar-refractivity contribution >= 4 is 56.7 Å². The van der Waals surface area contributed by atoms with Crippen LogP contribution in [0.2, 0.25) is 0 Å². The highest BCUT2D eigenvalue weighted by molar-refractivity contribution is 14.1. The third kappa shape index (κ3) is 4.85. The maximum Gasteiger partial charge on any atom is 0.0464 e. The first-order valence-corrected chi connectivity index (χ1v) is 12.4. The Bertz CT molecular complexity index is 1350. The molecule has 0 radical (unpaired) electrons. The molecule has 0 saturated heterocycles. The molecule has 0 saturated carbocycles. The molecular weight excluding hydrogens is 527 g/mol. The number of aryl methyl sites for hydroxylation is 1. The Kier molecular flexibility index (Phi) is 6.63. The van der Waals surface area contributed by atoms with E-state index in [0.717, 1.165) is 34.1 Å². The van der Waals surface area contributed by atoms with E-state index in [0.29, 0.717) is 0 Å². The second kappa shape index (κ2) is 10.1. The van der Waals surface area contributed by atoms with Gasteiger partial charge in [0.1, 0.15) is 0 Å². The van der Waals surface area contributed by atoms with Gasteiger partial charge in [0.2, 0.25) is 0 Å². The molecule has 0 unspecified atom stereocenters. The molecule has 2 nitrogen and oxygen atoms in total. The second-order valence-electron chi connectivity index (χ2n) is 8.17. The molecule has 3 heteroatoms. The number of benzene rings is 5. The number of anilines is 6. The highest BCUT2D eigenvalue weighted by Gasteiger charge is 2.15. The molecule has 34 heavy (non-hydrogen) atoms. The minimum atomic E-state index is 1.12. The quantitative estimate of drug-likeness (QED) is 0.194. The number of para-hydroxylation sites is 2. The molecule has 5 aromatic rings. The molecule has 0 aliphatic carbocycles. The topological polar surface area (TPSA) is 6.48 Å². The molecule has 0 atom stereocenters. The van der Waals surface area contributed by atoms with Crippen molar-refractivity contribution in [3.05, 3.63) is 143 Å². The third-order valence-electron chi connectivity index (χ3n) is 5.74. The monoisotopic (exact) mass is 552 g/mol. The molecule has 0 aromatic heterocycles. The summed E-state index contributed by atoms with van der Waals surface area (Å²) in [4.78, 5) is 4.59. The van der Waals surface area contributed by atoms with Gasteiger partial charge in [0.25, 0.3) is 0 Å². The van der Waals surface area contributed by atoms with E-state index in [4.69, 9.17) is 0 Å². The van der Waals surface area contributed by atoms with Crippen molar-refractivity contribution in [2.24, 2.45) is 0 Å². The molecular formula is C31H25IN2. The molecule has 166 valence electrons. The lowest BCUT2D eigenvalue weighted by atomic mass is 10.1. The maximum atomic E-state index is 2.35. The largest absolute Gasteiger partial charge is 0.311 e. The fourth-order valence-corrected chi connectivity index (χ4v) is 4.52. The Morgan fingerprint density at radius 3 is 1.26 bits per heavy atom. The summed E-state index contributed by atoms with van der Waals surface area (Å²) in [7, 11) is 0. The van der Waals surface area contributed by atoms with Crippen LogP contribution in [0.4, 0.5) is 34.1 Å². The SMILES string of the molecule is Cc1cccc(N(c2ccccc2)c2ccc(N(c3ccccc3)c3ccc(I)cc3)cc2)c1. The fourth-order valence-electron chi connectivity index (χ4n) is 4.16. The summed E-state index contributed by atoms with van der Waals surface area (Å²) in [5.41, 5.74) is 8.04. The van der Waals surface area contributed by atoms with Crippen LogP contribution in [0.1, 0.15) is 5.56 Å². The average molecular weight is 552 g/mol. The van der Waals surface area contributed by atoms with Gasteiger partial charge in [0.15, 0.2) is 0 Å². The third-order valence-corrected chi connectivity index (χ3v) is 6.46. The molecule has 0 fully saturated rings. The smallest absolute Gasteiger partial charge is 0.0464 e. The standard InChI is InChI=1S/C31H25IN2/c1-24-9-8-14-31(23-24)34(27-12-6-3-7-13-27)30-21-19-29(20-22-30)33(26-10-4-2-5-11-26)28-17-15-25(32)16-18-28/h2-23H,1H3. The number of rotatable bonds is 6. The first kappa shape index (κ1) is 22.2. The first-order valence-electron chi connectivity index (χ1n) is 11.3. The van der Waals surface area contributed by atoms with E-state index >= 15 is 0 Å². The zero-order chi connectivity index (χ0) is 23.3. The van der Waals surface area contributed by atoms with Gasteiger partial charge >= 0.3 is 0 Å². The van der Waals surface area contributed by atoms with E-state index in [1.807, 2.05) is 0 Å². The van der Waals surface area contributed by atoms with Crippen molar-refractivity contribution in [3.8, 4) is 0 Å². The van der Waals surface area contributed by atoms with Crippen molar-refractivity contribution in [1.29, 1.82) is 0 Å². The Morgan fingerprint density at radius 1 is 0.412 bits per heavy atom. The summed E-state index contributed by atoms with van der Waals surface area (Å²) in [6, 6.07) is 47.1. The van der Waals surface area contributed by atoms with Gasteiger partial charge in [-0.1, -0.05) is 48.5 Å². The van der Waals surface area contributed by atoms with Crippen molar-refractivity contribution in [3.63, 3.8) is 0 Å². The lowest BCUT2D eigenvalue weighted by molar-refractivity contribution is 1.25. The van der Waals surface area contributed by atoms with Gasteiger partial charge in [-0.15, -0.1) is 0 Å². The van der Waals surface area contributed by atoms with Crippen LogP contribution in [-0.4, -0.2) is 0 Å². The predicted octanol–water partition coefficient (Wildman–Crippen LogP) is 9.54. The number of hydrogen-bond acceptors (Lipinski definition) is 2. The van der Waals surface area contributed by atoms with Crippen molar-refractivity contribution in [2.45, 2.75) is 6.92 Å². The Morgan fingerprint density at radius 2 is 0.794 bits per heavy atom. The van der Waals surface area contributed by atoms with Gasteiger partial charge in [0, 0.05) is 37.7 Å². The van der Waals surface area contributed by atoms with Crippen LogP contribution in [0, 0.1) is 10.5 Å². The fraction of sp³-hybridized carbons (Fsp3) is 0.0323. The lowest BCUT2D eigenvalue weighted by Gasteiger charge is -2.28. The average Bonchev–Trinajstić information content (AvgIpc) is 2.88. The highest BCUT2D eigenvalue weighted by atomic mass is 127. The molecule has 0 bridgehead atoms. The molecule has 5 aromatic carbocycles. The maximum absolute atomic E-state index is 2.35. The molecule has 0 aliphatic heterocycles. The van der Waals surface area contributed by atoms with Gasteiger partial charge in [-0.2, -0.15) is 0 Å². The van der Waals surface area contributed by atoms with Gasteiger partial charge < -0.3 is 9.80 Å². The number of hydrogen-bond donors (Lipinski definition) is 0. The summed E-state index contributed by atoms with van der Waals surface area (Å²) in [5, 5.41) is 0. The zero-order valence-electron chi connectivity index (χ0n) is 19.0. The lowest BCUT2D eigenvalue weighted by Crippen LogP contribution is -2.12. The number of nitrogens with zero attached hydrogens (tertiary/aromatic N) is 2. The summed E-state index contributed by atoms with van der Waals surface area (Å²) >= 11 is 2.35. The molecule has 0 aliphatic rings. The van der Waals surface area contributed by atoms with Crippen LogP contribution >= 0.6 is 22.6 Å². The van der Waals surface area contributed by atoms with Gasteiger partial charge in [-0.05, 0) is 120 Å². The predicted molar refractivity (Wildman–Crippen MR) is 153 cm³/mol. The highest BCUT2D eigenvalue weighted by Crippen LogP contribution is 2.39. The van der Waals surface area contributed by atoms with Crippen LogP contribution in [0.25, 0.3) is 0 Å². The second-order valence-corrected chi connectivity index (χ2v) is 9.42. The molecule has 5 rings (SSSR count). The minimum Gasteiger partial charge on any atom is -0.311 e. The van der Waals surface area contributed by atoms with E-state index < -0.39 is 0 Å². The van der Waals surface area contributed by atoms with Crippen LogP contribution in [0.15, 0.2) is 133 Å². The Hall–Kier alpha value is -3.57. The molecule has 0 N–H and O–H groups in total. The van der Waals surface area contributed by atoms with Crippen molar-refractivity contribution in [2.75, 3.05) is 9.80 Å². The summed E-state index contributed by atoms with van der Waals surface area (Å²) in [5.74, 6) is 0. The van der Waals surface area contributed by atoms with E-state index in [2.05, 4.69) is 173 Å².